The number of esters is 1. The molecule has 8 atom stereocenters. The second kappa shape index (κ2) is 5.00. The van der Waals surface area contributed by atoms with E-state index >= 15 is 0 Å². The quantitative estimate of drug-likeness (QED) is 0.704. The first kappa shape index (κ1) is 17.4. The van der Waals surface area contributed by atoms with Crippen molar-refractivity contribution < 1.29 is 19.4 Å². The molecule has 5 aliphatic carbocycles. The molecule has 6 rings (SSSR count). The number of aliphatic hydroxyl groups is 1. The van der Waals surface area contributed by atoms with Crippen LogP contribution in [0, 0.1) is 39.9 Å². The minimum absolute atomic E-state index is 0.0997. The van der Waals surface area contributed by atoms with E-state index < -0.39 is 5.60 Å². The maximum Gasteiger partial charge on any atom is 0.331 e. The number of ketones is 1. The zero-order valence-corrected chi connectivity index (χ0v) is 16.9. The Kier molecular flexibility index (Phi) is 3.12. The highest BCUT2D eigenvalue weighted by atomic mass is 16.6. The molecule has 6 aliphatic rings. The van der Waals surface area contributed by atoms with Gasteiger partial charge in [-0.1, -0.05) is 19.4 Å². The fraction of sp³-hybridized carbons (Fsp3) is 0.750. The Morgan fingerprint density at radius 3 is 2.71 bits per heavy atom. The van der Waals surface area contributed by atoms with Crippen LogP contribution in [0.25, 0.3) is 0 Å². The van der Waals surface area contributed by atoms with Gasteiger partial charge in [-0.25, -0.2) is 4.79 Å². The molecule has 4 heteroatoms. The van der Waals surface area contributed by atoms with Crippen LogP contribution in [-0.4, -0.2) is 29.1 Å². The highest BCUT2D eigenvalue weighted by molar-refractivity contribution is 5.91. The third kappa shape index (κ3) is 1.70. The van der Waals surface area contributed by atoms with Crippen molar-refractivity contribution in [3.05, 3.63) is 23.8 Å². The van der Waals surface area contributed by atoms with Gasteiger partial charge in [-0.05, 0) is 79.3 Å². The van der Waals surface area contributed by atoms with Gasteiger partial charge in [-0.15, -0.1) is 0 Å². The summed E-state index contributed by atoms with van der Waals surface area (Å²) in [6.07, 6.45) is 12.3. The van der Waals surface area contributed by atoms with Gasteiger partial charge in [0.1, 0.15) is 5.60 Å². The second-order valence-corrected chi connectivity index (χ2v) is 11.0. The van der Waals surface area contributed by atoms with Gasteiger partial charge in [0.2, 0.25) is 0 Å². The summed E-state index contributed by atoms with van der Waals surface area (Å²) < 4.78 is 6.03. The van der Waals surface area contributed by atoms with E-state index in [4.69, 9.17) is 4.74 Å². The lowest BCUT2D eigenvalue weighted by molar-refractivity contribution is -0.200. The van der Waals surface area contributed by atoms with Gasteiger partial charge < -0.3 is 9.84 Å². The van der Waals surface area contributed by atoms with E-state index in [1.807, 2.05) is 12.2 Å². The number of aliphatic hydroxyl groups excluding tert-OH is 1. The Balaban J connectivity index is 1.47. The van der Waals surface area contributed by atoms with Crippen LogP contribution in [0.4, 0.5) is 0 Å². The van der Waals surface area contributed by atoms with Gasteiger partial charge in [0.25, 0.3) is 0 Å². The van der Waals surface area contributed by atoms with Crippen molar-refractivity contribution in [3.63, 3.8) is 0 Å². The summed E-state index contributed by atoms with van der Waals surface area (Å²) in [4.78, 5) is 24.2. The first-order chi connectivity index (χ1) is 13.3. The molecule has 1 N–H and O–H groups in total. The third-order valence-corrected chi connectivity index (χ3v) is 10.3. The molecule has 0 radical (unpaired) electrons. The highest BCUT2D eigenvalue weighted by Crippen LogP contribution is 2.81. The lowest BCUT2D eigenvalue weighted by Crippen LogP contribution is -2.63. The van der Waals surface area contributed by atoms with Crippen LogP contribution >= 0.6 is 0 Å². The first-order valence-electron chi connectivity index (χ1n) is 11.1. The van der Waals surface area contributed by atoms with E-state index in [1.54, 1.807) is 6.08 Å². The number of hydrogen-bond acceptors (Lipinski definition) is 4. The SMILES string of the molecule is CC12CCC(=O)C=C1CCC1(C)C2CCC2(CO)C1C1CC1[C@@]21C=CC(=O)O1. The largest absolute Gasteiger partial charge is 0.451 e. The van der Waals surface area contributed by atoms with Crippen LogP contribution in [0.15, 0.2) is 23.8 Å². The molecular formula is C24H30O4. The summed E-state index contributed by atoms with van der Waals surface area (Å²) in [6.45, 7) is 4.95. The minimum Gasteiger partial charge on any atom is -0.451 e. The normalized spacial score (nSPS) is 55.9. The van der Waals surface area contributed by atoms with Crippen LogP contribution in [0.5, 0.6) is 0 Å². The van der Waals surface area contributed by atoms with Crippen molar-refractivity contribution in [1.29, 1.82) is 0 Å². The molecule has 0 amide bonds. The molecule has 28 heavy (non-hydrogen) atoms. The molecule has 150 valence electrons. The summed E-state index contributed by atoms with van der Waals surface area (Å²) in [5.74, 6) is 1.91. The zero-order chi connectivity index (χ0) is 19.5. The topological polar surface area (TPSA) is 63.6 Å². The van der Waals surface area contributed by atoms with Crippen molar-refractivity contribution in [2.45, 2.75) is 64.4 Å². The Labute approximate surface area is 166 Å². The molecule has 0 aromatic carbocycles. The van der Waals surface area contributed by atoms with Crippen molar-refractivity contribution in [2.75, 3.05) is 6.61 Å². The van der Waals surface area contributed by atoms with Gasteiger partial charge in [0.05, 0.1) is 6.61 Å². The summed E-state index contributed by atoms with van der Waals surface area (Å²) >= 11 is 0. The number of hydrogen-bond donors (Lipinski definition) is 1. The smallest absolute Gasteiger partial charge is 0.331 e. The number of ether oxygens (including phenoxy) is 1. The van der Waals surface area contributed by atoms with Gasteiger partial charge in [-0.2, -0.15) is 0 Å². The maximum atomic E-state index is 12.1. The molecule has 0 aromatic rings. The average Bonchev–Trinajstić information content (AvgIpc) is 3.29. The number of allylic oxidation sites excluding steroid dienone is 1. The van der Waals surface area contributed by atoms with E-state index in [2.05, 4.69) is 13.8 Å². The Hall–Kier alpha value is -1.42. The van der Waals surface area contributed by atoms with Crippen LogP contribution in [0.2, 0.25) is 0 Å². The van der Waals surface area contributed by atoms with Crippen molar-refractivity contribution in [2.24, 2.45) is 39.9 Å². The van der Waals surface area contributed by atoms with Gasteiger partial charge in [0.15, 0.2) is 5.78 Å². The molecule has 1 heterocycles. The number of carbonyl (C=O) groups is 2. The highest BCUT2D eigenvalue weighted by Gasteiger charge is 2.81. The molecule has 4 fully saturated rings. The van der Waals surface area contributed by atoms with Crippen molar-refractivity contribution >= 4 is 11.8 Å². The molecule has 7 unspecified atom stereocenters. The predicted octanol–water partition coefficient (Wildman–Crippen LogP) is 3.59. The number of fused-ring (bicyclic) bond motifs is 9. The molecule has 0 bridgehead atoms. The monoisotopic (exact) mass is 382 g/mol. The maximum absolute atomic E-state index is 12.1. The van der Waals surface area contributed by atoms with Gasteiger partial charge in [0, 0.05) is 23.8 Å². The summed E-state index contributed by atoms with van der Waals surface area (Å²) in [6, 6.07) is 0. The minimum atomic E-state index is -0.582. The lowest BCUT2D eigenvalue weighted by atomic mass is 9.39. The zero-order valence-electron chi connectivity index (χ0n) is 16.9. The van der Waals surface area contributed by atoms with E-state index in [-0.39, 0.29) is 28.8 Å². The van der Waals surface area contributed by atoms with Crippen LogP contribution in [0.1, 0.15) is 58.8 Å². The summed E-state index contributed by atoms with van der Waals surface area (Å²) in [5, 5.41) is 10.8. The summed E-state index contributed by atoms with van der Waals surface area (Å²) in [5.41, 5.74) is 0.678. The van der Waals surface area contributed by atoms with E-state index in [9.17, 15) is 14.7 Å². The standard InChI is InChI=1S/C24H30O4/c1-21-8-4-15(26)11-14(21)3-7-22(2)18(21)5-9-23(13-25)20(22)16-12-17(16)24(23)10-6-19(27)28-24/h6,10-11,16-18,20,25H,3-5,7-9,12-13H2,1-2H3/t16?,17?,18?,20?,21?,22?,23?,24-/m0/s1. The molecule has 1 spiro atoms. The third-order valence-electron chi connectivity index (χ3n) is 10.3. The molecule has 1 aliphatic heterocycles. The number of rotatable bonds is 1. The molecule has 0 saturated heterocycles. The molecule has 4 saturated carbocycles. The number of carbonyl (C=O) groups excluding carboxylic acids is 2. The van der Waals surface area contributed by atoms with E-state index in [1.165, 1.54) is 5.57 Å². The van der Waals surface area contributed by atoms with E-state index in [0.717, 1.165) is 38.5 Å². The van der Waals surface area contributed by atoms with Crippen LogP contribution in [-0.2, 0) is 14.3 Å². The Morgan fingerprint density at radius 2 is 2.00 bits per heavy atom. The summed E-state index contributed by atoms with van der Waals surface area (Å²) in [7, 11) is 0. The average molecular weight is 383 g/mol. The molecule has 4 nitrogen and oxygen atoms in total. The van der Waals surface area contributed by atoms with Crippen molar-refractivity contribution in [3.8, 4) is 0 Å². The molecule has 0 aromatic heterocycles. The van der Waals surface area contributed by atoms with Gasteiger partial charge >= 0.3 is 5.97 Å². The Bertz CT molecular complexity index is 857. The van der Waals surface area contributed by atoms with E-state index in [0.29, 0.717) is 35.9 Å². The first-order valence-corrected chi connectivity index (χ1v) is 11.1. The fourth-order valence-corrected chi connectivity index (χ4v) is 9.22. The lowest BCUT2D eigenvalue weighted by Gasteiger charge is -2.65. The van der Waals surface area contributed by atoms with Gasteiger partial charge in [-0.3, -0.25) is 4.79 Å². The second-order valence-electron chi connectivity index (χ2n) is 11.0. The van der Waals surface area contributed by atoms with Crippen LogP contribution < -0.4 is 0 Å². The fourth-order valence-electron chi connectivity index (χ4n) is 9.22. The Morgan fingerprint density at radius 1 is 1.18 bits per heavy atom. The predicted molar refractivity (Wildman–Crippen MR) is 103 cm³/mol. The molecular weight excluding hydrogens is 352 g/mol. The van der Waals surface area contributed by atoms with Crippen LogP contribution in [0.3, 0.4) is 0 Å². The van der Waals surface area contributed by atoms with Crippen molar-refractivity contribution in [1.82, 2.24) is 0 Å².